The molecule has 7 nitrogen and oxygen atoms in total. The molecule has 27 heavy (non-hydrogen) atoms. The number of nitrogens with zero attached hydrogens (tertiary/aromatic N) is 1. The number of rotatable bonds is 5. The van der Waals surface area contributed by atoms with Crippen molar-refractivity contribution in [3.63, 3.8) is 0 Å². The summed E-state index contributed by atoms with van der Waals surface area (Å²) in [6.45, 7) is 0.475. The lowest BCUT2D eigenvalue weighted by Gasteiger charge is -2.29. The summed E-state index contributed by atoms with van der Waals surface area (Å²) in [6, 6.07) is 10.2. The monoisotopic (exact) mass is 390 g/mol. The summed E-state index contributed by atoms with van der Waals surface area (Å²) in [4.78, 5) is 12.6. The van der Waals surface area contributed by atoms with Crippen LogP contribution in [-0.2, 0) is 16.4 Å². The van der Waals surface area contributed by atoms with Crippen LogP contribution in [0.5, 0.6) is 11.5 Å². The summed E-state index contributed by atoms with van der Waals surface area (Å²) in [5, 5.41) is 2.85. The lowest BCUT2D eigenvalue weighted by Crippen LogP contribution is -2.34. The van der Waals surface area contributed by atoms with Crippen LogP contribution in [0.4, 0.5) is 11.4 Å². The van der Waals surface area contributed by atoms with Gasteiger partial charge in [-0.1, -0.05) is 0 Å². The summed E-state index contributed by atoms with van der Waals surface area (Å²) >= 11 is 0. The van der Waals surface area contributed by atoms with Gasteiger partial charge in [-0.15, -0.1) is 0 Å². The van der Waals surface area contributed by atoms with E-state index < -0.39 is 10.0 Å². The van der Waals surface area contributed by atoms with Crippen LogP contribution in [0.2, 0.25) is 0 Å². The van der Waals surface area contributed by atoms with Gasteiger partial charge in [0.1, 0.15) is 0 Å². The van der Waals surface area contributed by atoms with Crippen molar-refractivity contribution in [1.29, 1.82) is 0 Å². The molecule has 1 N–H and O–H groups in total. The molecule has 144 valence electrons. The highest BCUT2D eigenvalue weighted by molar-refractivity contribution is 7.92. The first-order valence-electron chi connectivity index (χ1n) is 8.47. The van der Waals surface area contributed by atoms with E-state index in [1.807, 2.05) is 6.07 Å². The standard InChI is InChI=1S/C19H22N2O5S/c1-25-17-9-6-14(12-18(17)26-2)19(22)20-15-7-8-16-13(11-15)5-4-10-21(16)27(3,23)24/h6-9,11-12H,4-5,10H2,1-3H3,(H,20,22). The molecule has 0 unspecified atom stereocenters. The molecule has 1 amide bonds. The molecular weight excluding hydrogens is 368 g/mol. The molecule has 0 saturated carbocycles. The zero-order valence-electron chi connectivity index (χ0n) is 15.5. The fourth-order valence-corrected chi connectivity index (χ4v) is 4.16. The summed E-state index contributed by atoms with van der Waals surface area (Å²) in [7, 11) is -0.270. The molecule has 1 heterocycles. The van der Waals surface area contributed by atoms with Crippen molar-refractivity contribution in [2.45, 2.75) is 12.8 Å². The van der Waals surface area contributed by atoms with Gasteiger partial charge in [-0.05, 0) is 54.8 Å². The molecule has 0 saturated heterocycles. The van der Waals surface area contributed by atoms with Crippen LogP contribution in [0, 0.1) is 0 Å². The van der Waals surface area contributed by atoms with Crippen LogP contribution >= 0.6 is 0 Å². The van der Waals surface area contributed by atoms with Gasteiger partial charge in [0.05, 0.1) is 26.2 Å². The van der Waals surface area contributed by atoms with Crippen molar-refractivity contribution in [2.24, 2.45) is 0 Å². The molecule has 2 aromatic rings. The Morgan fingerprint density at radius 3 is 2.48 bits per heavy atom. The lowest BCUT2D eigenvalue weighted by atomic mass is 10.0. The summed E-state index contributed by atoms with van der Waals surface area (Å²) < 4.78 is 35.7. The molecule has 0 aliphatic carbocycles. The number of nitrogens with one attached hydrogen (secondary N) is 1. The van der Waals surface area contributed by atoms with Crippen LogP contribution in [0.25, 0.3) is 0 Å². The van der Waals surface area contributed by atoms with Gasteiger partial charge in [0.2, 0.25) is 10.0 Å². The summed E-state index contributed by atoms with van der Waals surface area (Å²) in [5.41, 5.74) is 2.62. The van der Waals surface area contributed by atoms with Crippen molar-refractivity contribution in [2.75, 3.05) is 36.6 Å². The van der Waals surface area contributed by atoms with E-state index in [1.165, 1.54) is 24.8 Å². The van der Waals surface area contributed by atoms with Gasteiger partial charge in [-0.2, -0.15) is 0 Å². The first kappa shape index (κ1) is 19.0. The number of anilines is 2. The van der Waals surface area contributed by atoms with E-state index in [2.05, 4.69) is 5.32 Å². The number of aryl methyl sites for hydroxylation is 1. The average molecular weight is 390 g/mol. The van der Waals surface area contributed by atoms with Gasteiger partial charge in [0.15, 0.2) is 11.5 Å². The number of hydrogen-bond acceptors (Lipinski definition) is 5. The van der Waals surface area contributed by atoms with Gasteiger partial charge in [0, 0.05) is 17.8 Å². The number of benzene rings is 2. The Labute approximate surface area is 158 Å². The van der Waals surface area contributed by atoms with Crippen molar-refractivity contribution >= 4 is 27.3 Å². The number of amides is 1. The van der Waals surface area contributed by atoms with Crippen LogP contribution in [-0.4, -0.2) is 41.3 Å². The Bertz CT molecular complexity index is 972. The fourth-order valence-electron chi connectivity index (χ4n) is 3.17. The van der Waals surface area contributed by atoms with Crippen LogP contribution < -0.4 is 19.1 Å². The largest absolute Gasteiger partial charge is 0.493 e. The minimum Gasteiger partial charge on any atom is -0.493 e. The zero-order chi connectivity index (χ0) is 19.6. The smallest absolute Gasteiger partial charge is 0.255 e. The molecule has 0 fully saturated rings. The van der Waals surface area contributed by atoms with E-state index in [0.29, 0.717) is 35.0 Å². The molecule has 0 bridgehead atoms. The predicted octanol–water partition coefficient (Wildman–Crippen LogP) is 2.67. The van der Waals surface area contributed by atoms with Crippen molar-refractivity contribution < 1.29 is 22.7 Å². The minimum absolute atomic E-state index is 0.285. The number of carbonyl (C=O) groups excluding carboxylic acids is 1. The van der Waals surface area contributed by atoms with Gasteiger partial charge >= 0.3 is 0 Å². The van der Waals surface area contributed by atoms with Gasteiger partial charge in [-0.3, -0.25) is 9.10 Å². The minimum atomic E-state index is -3.31. The molecule has 1 aliphatic heterocycles. The quantitative estimate of drug-likeness (QED) is 0.848. The number of fused-ring (bicyclic) bond motifs is 1. The van der Waals surface area contributed by atoms with E-state index in [0.717, 1.165) is 18.4 Å². The van der Waals surface area contributed by atoms with E-state index >= 15 is 0 Å². The molecule has 1 aliphatic rings. The van der Waals surface area contributed by atoms with Crippen LogP contribution in [0.3, 0.4) is 0 Å². The SMILES string of the molecule is COc1ccc(C(=O)Nc2ccc3c(c2)CCCN3S(C)(=O)=O)cc1OC. The molecular formula is C19H22N2O5S. The van der Waals surface area contributed by atoms with Gasteiger partial charge in [-0.25, -0.2) is 8.42 Å². The Hall–Kier alpha value is -2.74. The lowest BCUT2D eigenvalue weighted by molar-refractivity contribution is 0.102. The topological polar surface area (TPSA) is 84.9 Å². The molecule has 0 spiro atoms. The van der Waals surface area contributed by atoms with Gasteiger partial charge < -0.3 is 14.8 Å². The van der Waals surface area contributed by atoms with Crippen molar-refractivity contribution in [1.82, 2.24) is 0 Å². The predicted molar refractivity (Wildman–Crippen MR) is 104 cm³/mol. The maximum absolute atomic E-state index is 12.6. The average Bonchev–Trinajstić information content (AvgIpc) is 2.65. The zero-order valence-corrected chi connectivity index (χ0v) is 16.3. The van der Waals surface area contributed by atoms with E-state index in [1.54, 1.807) is 30.3 Å². The second-order valence-corrected chi connectivity index (χ2v) is 8.21. The third-order valence-electron chi connectivity index (χ3n) is 4.46. The molecule has 0 aromatic heterocycles. The molecule has 3 rings (SSSR count). The first-order valence-corrected chi connectivity index (χ1v) is 10.3. The van der Waals surface area contributed by atoms with Crippen LogP contribution in [0.1, 0.15) is 22.3 Å². The van der Waals surface area contributed by atoms with Crippen molar-refractivity contribution in [3.05, 3.63) is 47.5 Å². The molecule has 0 radical (unpaired) electrons. The maximum atomic E-state index is 12.6. The number of sulfonamides is 1. The normalized spacial score (nSPS) is 13.7. The first-order chi connectivity index (χ1) is 12.8. The highest BCUT2D eigenvalue weighted by Gasteiger charge is 2.24. The second kappa shape index (κ2) is 7.48. The third kappa shape index (κ3) is 4.00. The Kier molecular flexibility index (Phi) is 5.27. The number of carbonyl (C=O) groups is 1. The van der Waals surface area contributed by atoms with E-state index in [4.69, 9.17) is 9.47 Å². The fraction of sp³-hybridized carbons (Fsp3) is 0.316. The van der Waals surface area contributed by atoms with Crippen LogP contribution in [0.15, 0.2) is 36.4 Å². The second-order valence-electron chi connectivity index (χ2n) is 6.31. The number of methoxy groups -OCH3 is 2. The maximum Gasteiger partial charge on any atom is 0.255 e. The molecule has 0 atom stereocenters. The number of hydrogen-bond donors (Lipinski definition) is 1. The summed E-state index contributed by atoms with van der Waals surface area (Å²) in [6.07, 6.45) is 2.71. The Morgan fingerprint density at radius 1 is 1.07 bits per heavy atom. The summed E-state index contributed by atoms with van der Waals surface area (Å²) in [5.74, 6) is 0.731. The highest BCUT2D eigenvalue weighted by Crippen LogP contribution is 2.32. The Balaban J connectivity index is 1.84. The van der Waals surface area contributed by atoms with Gasteiger partial charge in [0.25, 0.3) is 5.91 Å². The van der Waals surface area contributed by atoms with Crippen molar-refractivity contribution in [3.8, 4) is 11.5 Å². The van der Waals surface area contributed by atoms with E-state index in [-0.39, 0.29) is 5.91 Å². The highest BCUT2D eigenvalue weighted by atomic mass is 32.2. The van der Waals surface area contributed by atoms with E-state index in [9.17, 15) is 13.2 Å². The third-order valence-corrected chi connectivity index (χ3v) is 5.64. The molecule has 8 heteroatoms. The number of ether oxygens (including phenoxy) is 2. The Morgan fingerprint density at radius 2 is 1.81 bits per heavy atom. The molecule has 2 aromatic carbocycles.